The second-order valence-corrected chi connectivity index (χ2v) is 6.97. The first kappa shape index (κ1) is 19.1. The Bertz CT molecular complexity index is 1150. The molecule has 4 rings (SSSR count). The first-order valence-corrected chi connectivity index (χ1v) is 10.0. The second kappa shape index (κ2) is 7.99. The molecule has 0 aliphatic carbocycles. The number of hydrogen-bond donors (Lipinski definition) is 1. The zero-order valence-electron chi connectivity index (χ0n) is 17.3. The fraction of sp³-hybridized carbons (Fsp3) is 0.304. The summed E-state index contributed by atoms with van der Waals surface area (Å²) in [6.07, 6.45) is 0. The predicted molar refractivity (Wildman–Crippen MR) is 116 cm³/mol. The highest BCUT2D eigenvalue weighted by atomic mass is 16.5. The van der Waals surface area contributed by atoms with Crippen molar-refractivity contribution in [2.75, 3.05) is 18.5 Å². The summed E-state index contributed by atoms with van der Waals surface area (Å²) in [5.41, 5.74) is 3.91. The molecule has 0 saturated heterocycles. The molecule has 0 bridgehead atoms. The molecule has 2 heterocycles. The number of para-hydroxylation sites is 1. The number of fused-ring (bicyclic) bond motifs is 3. The van der Waals surface area contributed by atoms with Crippen LogP contribution in [0.5, 0.6) is 11.5 Å². The van der Waals surface area contributed by atoms with Gasteiger partial charge in [0.2, 0.25) is 0 Å². The van der Waals surface area contributed by atoms with E-state index >= 15 is 0 Å². The van der Waals surface area contributed by atoms with Crippen molar-refractivity contribution in [2.24, 2.45) is 0 Å². The summed E-state index contributed by atoms with van der Waals surface area (Å²) in [4.78, 5) is 4.83. The van der Waals surface area contributed by atoms with Gasteiger partial charge in [-0.15, -0.1) is 0 Å². The number of benzene rings is 2. The molecule has 2 aromatic heterocycles. The number of ether oxygens (including phenoxy) is 2. The maximum atomic E-state index is 5.78. The molecule has 2 aromatic carbocycles. The van der Waals surface area contributed by atoms with Crippen LogP contribution in [0.1, 0.15) is 38.1 Å². The standard InChI is InChI=1S/C23H26N4O2/c1-5-28-20-12-11-17(14-21(20)29-6-2)16(4)24-23-18-9-7-8-10-19(18)27-22(25-23)13-15(3)26-27/h7-14,16H,5-6H2,1-4H3,(H,24,25)/t16-/m0/s1. The van der Waals surface area contributed by atoms with Gasteiger partial charge in [-0.3, -0.25) is 0 Å². The van der Waals surface area contributed by atoms with Crippen LogP contribution in [0.25, 0.3) is 16.6 Å². The second-order valence-electron chi connectivity index (χ2n) is 6.97. The van der Waals surface area contributed by atoms with E-state index in [1.807, 2.05) is 55.6 Å². The molecule has 6 heteroatoms. The normalized spacial score (nSPS) is 12.3. The van der Waals surface area contributed by atoms with Crippen LogP contribution in [0, 0.1) is 6.92 Å². The van der Waals surface area contributed by atoms with Crippen LogP contribution in [-0.4, -0.2) is 27.8 Å². The molecule has 1 atom stereocenters. The molecule has 150 valence electrons. The van der Waals surface area contributed by atoms with Crippen LogP contribution >= 0.6 is 0 Å². The van der Waals surface area contributed by atoms with Crippen molar-refractivity contribution in [3.63, 3.8) is 0 Å². The minimum Gasteiger partial charge on any atom is -0.490 e. The Kier molecular flexibility index (Phi) is 5.25. The van der Waals surface area contributed by atoms with Crippen molar-refractivity contribution in [2.45, 2.75) is 33.7 Å². The quantitative estimate of drug-likeness (QED) is 0.472. The van der Waals surface area contributed by atoms with Crippen LogP contribution in [-0.2, 0) is 0 Å². The summed E-state index contributed by atoms with van der Waals surface area (Å²) in [7, 11) is 0. The molecule has 0 radical (unpaired) electrons. The van der Waals surface area contributed by atoms with E-state index < -0.39 is 0 Å². The van der Waals surface area contributed by atoms with Crippen LogP contribution < -0.4 is 14.8 Å². The largest absolute Gasteiger partial charge is 0.490 e. The lowest BCUT2D eigenvalue weighted by Crippen LogP contribution is -2.10. The molecule has 0 saturated carbocycles. The van der Waals surface area contributed by atoms with E-state index in [2.05, 4.69) is 35.5 Å². The average molecular weight is 390 g/mol. The number of anilines is 1. The molecule has 0 amide bonds. The number of hydrogen-bond acceptors (Lipinski definition) is 5. The Labute approximate surface area is 170 Å². The van der Waals surface area contributed by atoms with Crippen molar-refractivity contribution in [1.29, 1.82) is 0 Å². The summed E-state index contributed by atoms with van der Waals surface area (Å²) in [6.45, 7) is 9.24. The van der Waals surface area contributed by atoms with Gasteiger partial charge in [-0.05, 0) is 57.5 Å². The van der Waals surface area contributed by atoms with Gasteiger partial charge in [0.25, 0.3) is 0 Å². The van der Waals surface area contributed by atoms with Crippen LogP contribution in [0.3, 0.4) is 0 Å². The van der Waals surface area contributed by atoms with Gasteiger partial charge in [-0.1, -0.05) is 18.2 Å². The summed E-state index contributed by atoms with van der Waals surface area (Å²) in [5, 5.41) is 9.18. The molecule has 4 aromatic rings. The molecule has 0 spiro atoms. The molecule has 0 aliphatic rings. The minimum atomic E-state index is 0.0345. The number of rotatable bonds is 7. The third kappa shape index (κ3) is 3.70. The van der Waals surface area contributed by atoms with Gasteiger partial charge in [-0.2, -0.15) is 5.10 Å². The lowest BCUT2D eigenvalue weighted by Gasteiger charge is -2.19. The average Bonchev–Trinajstić information content (AvgIpc) is 3.10. The summed E-state index contributed by atoms with van der Waals surface area (Å²) >= 11 is 0. The van der Waals surface area contributed by atoms with E-state index in [1.165, 1.54) is 0 Å². The summed E-state index contributed by atoms with van der Waals surface area (Å²) < 4.78 is 13.4. The van der Waals surface area contributed by atoms with Crippen LogP contribution in [0.2, 0.25) is 0 Å². The summed E-state index contributed by atoms with van der Waals surface area (Å²) in [6, 6.07) is 16.3. The number of aromatic nitrogens is 3. The first-order valence-electron chi connectivity index (χ1n) is 10.0. The predicted octanol–water partition coefficient (Wildman–Crippen LogP) is 5.16. The van der Waals surface area contributed by atoms with Gasteiger partial charge < -0.3 is 14.8 Å². The van der Waals surface area contributed by atoms with E-state index in [1.54, 1.807) is 0 Å². The summed E-state index contributed by atoms with van der Waals surface area (Å²) in [5.74, 6) is 2.37. The topological polar surface area (TPSA) is 60.7 Å². The highest BCUT2D eigenvalue weighted by molar-refractivity contribution is 5.91. The van der Waals surface area contributed by atoms with Crippen LogP contribution in [0.4, 0.5) is 5.82 Å². The molecule has 0 aliphatic heterocycles. The van der Waals surface area contributed by atoms with E-state index in [0.29, 0.717) is 13.2 Å². The first-order chi connectivity index (χ1) is 14.1. The number of nitrogens with zero attached hydrogens (tertiary/aromatic N) is 3. The molecule has 1 N–H and O–H groups in total. The van der Waals surface area contributed by atoms with E-state index in [9.17, 15) is 0 Å². The molecule has 0 fully saturated rings. The zero-order valence-corrected chi connectivity index (χ0v) is 17.3. The minimum absolute atomic E-state index is 0.0345. The maximum absolute atomic E-state index is 5.78. The molecule has 0 unspecified atom stereocenters. The molecular formula is C23H26N4O2. The Morgan fingerprint density at radius 2 is 1.76 bits per heavy atom. The van der Waals surface area contributed by atoms with Crippen molar-refractivity contribution in [3.8, 4) is 11.5 Å². The van der Waals surface area contributed by atoms with Crippen molar-refractivity contribution in [1.82, 2.24) is 14.6 Å². The Hall–Kier alpha value is -3.28. The zero-order chi connectivity index (χ0) is 20.4. The fourth-order valence-corrected chi connectivity index (χ4v) is 3.51. The smallest absolute Gasteiger partial charge is 0.161 e. The van der Waals surface area contributed by atoms with E-state index in [4.69, 9.17) is 14.5 Å². The lowest BCUT2D eigenvalue weighted by atomic mass is 10.1. The van der Waals surface area contributed by atoms with E-state index in [-0.39, 0.29) is 6.04 Å². The van der Waals surface area contributed by atoms with Crippen molar-refractivity contribution in [3.05, 3.63) is 59.8 Å². The van der Waals surface area contributed by atoms with E-state index in [0.717, 1.165) is 45.1 Å². The fourth-order valence-electron chi connectivity index (χ4n) is 3.51. The Balaban J connectivity index is 1.71. The van der Waals surface area contributed by atoms with Crippen molar-refractivity contribution >= 4 is 22.4 Å². The maximum Gasteiger partial charge on any atom is 0.161 e. The SMILES string of the molecule is CCOc1ccc([C@H](C)Nc2nc3cc(C)nn3c3ccccc23)cc1OCC. The van der Waals surface area contributed by atoms with Gasteiger partial charge in [-0.25, -0.2) is 9.50 Å². The molecular weight excluding hydrogens is 364 g/mol. The third-order valence-electron chi connectivity index (χ3n) is 4.85. The Morgan fingerprint density at radius 1 is 1.00 bits per heavy atom. The number of nitrogens with one attached hydrogen (secondary N) is 1. The molecule has 29 heavy (non-hydrogen) atoms. The highest BCUT2D eigenvalue weighted by Gasteiger charge is 2.15. The lowest BCUT2D eigenvalue weighted by molar-refractivity contribution is 0.287. The van der Waals surface area contributed by atoms with Gasteiger partial charge in [0.15, 0.2) is 17.1 Å². The van der Waals surface area contributed by atoms with Crippen LogP contribution in [0.15, 0.2) is 48.5 Å². The highest BCUT2D eigenvalue weighted by Crippen LogP contribution is 2.33. The van der Waals surface area contributed by atoms with Gasteiger partial charge in [0.1, 0.15) is 5.82 Å². The van der Waals surface area contributed by atoms with Gasteiger partial charge >= 0.3 is 0 Å². The van der Waals surface area contributed by atoms with Crippen molar-refractivity contribution < 1.29 is 9.47 Å². The monoisotopic (exact) mass is 390 g/mol. The molecule has 6 nitrogen and oxygen atoms in total. The number of aryl methyl sites for hydroxylation is 1. The van der Waals surface area contributed by atoms with Gasteiger partial charge in [0, 0.05) is 11.5 Å². The van der Waals surface area contributed by atoms with Gasteiger partial charge in [0.05, 0.1) is 30.5 Å². The Morgan fingerprint density at radius 3 is 2.55 bits per heavy atom. The third-order valence-corrected chi connectivity index (χ3v) is 4.85.